The van der Waals surface area contributed by atoms with Crippen LogP contribution in [-0.4, -0.2) is 19.9 Å². The van der Waals surface area contributed by atoms with E-state index in [0.717, 1.165) is 28.3 Å². The highest BCUT2D eigenvalue weighted by Crippen LogP contribution is 2.37. The molecule has 0 radical (unpaired) electrons. The summed E-state index contributed by atoms with van der Waals surface area (Å²) in [5.74, 6) is 1.65. The van der Waals surface area contributed by atoms with Gasteiger partial charge < -0.3 is 9.47 Å². The molecule has 2 aromatic rings. The molecule has 3 rings (SSSR count). The van der Waals surface area contributed by atoms with Gasteiger partial charge in [0.1, 0.15) is 11.5 Å². The molecule has 0 amide bonds. The summed E-state index contributed by atoms with van der Waals surface area (Å²) in [6.07, 6.45) is 7.31. The number of benzene rings is 2. The van der Waals surface area contributed by atoms with Crippen molar-refractivity contribution in [2.75, 3.05) is 14.2 Å². The lowest BCUT2D eigenvalue weighted by molar-refractivity contribution is 0.397. The van der Waals surface area contributed by atoms with Gasteiger partial charge in [-0.05, 0) is 36.2 Å². The maximum Gasteiger partial charge on any atom is 0.130 e. The fraction of sp³-hybridized carbons (Fsp3) is 0.400. The average Bonchev–Trinajstić information content (AvgIpc) is 2.63. The van der Waals surface area contributed by atoms with Crippen molar-refractivity contribution in [3.63, 3.8) is 0 Å². The van der Waals surface area contributed by atoms with Gasteiger partial charge in [-0.25, -0.2) is 0 Å². The number of ether oxygens (including phenoxy) is 2. The summed E-state index contributed by atoms with van der Waals surface area (Å²) in [6, 6.07) is 15.9. The molecule has 0 heterocycles. The fourth-order valence-electron chi connectivity index (χ4n) is 2.87. The van der Waals surface area contributed by atoms with Crippen molar-refractivity contribution in [3.05, 3.63) is 48.5 Å². The van der Waals surface area contributed by atoms with E-state index >= 15 is 0 Å². The number of methoxy groups -OCH3 is 2. The minimum Gasteiger partial charge on any atom is -0.496 e. The Labute approximate surface area is 142 Å². The van der Waals surface area contributed by atoms with Crippen LogP contribution in [0.1, 0.15) is 32.1 Å². The molecular weight excluding hydrogens is 303 g/mol. The molecule has 1 saturated carbocycles. The van der Waals surface area contributed by atoms with E-state index in [4.69, 9.17) is 9.47 Å². The molecule has 0 saturated heterocycles. The minimum absolute atomic E-state index is 0.825. The summed E-state index contributed by atoms with van der Waals surface area (Å²) in [7, 11) is 6.24. The number of hydrogen-bond donors (Lipinski definition) is 0. The number of rotatable bonds is 3. The van der Waals surface area contributed by atoms with Crippen molar-refractivity contribution in [2.45, 2.75) is 37.8 Å². The minimum atomic E-state index is 0.825. The molecule has 1 aliphatic carbocycles. The SMILES string of the molecule is COc1cccc(OC)c1-c1ccccc1.PC1CCCCC1. The Hall–Kier alpha value is -1.53. The van der Waals surface area contributed by atoms with Crippen LogP contribution in [0.5, 0.6) is 11.5 Å². The van der Waals surface area contributed by atoms with Crippen LogP contribution < -0.4 is 9.47 Å². The molecule has 1 aliphatic rings. The lowest BCUT2D eigenvalue weighted by Gasteiger charge is -2.15. The molecule has 0 aliphatic heterocycles. The van der Waals surface area contributed by atoms with Crippen molar-refractivity contribution < 1.29 is 9.47 Å². The van der Waals surface area contributed by atoms with E-state index in [0.29, 0.717) is 0 Å². The largest absolute Gasteiger partial charge is 0.496 e. The standard InChI is InChI=1S/C14H14O2.C6H13P/c1-15-12-9-6-10-13(16-2)14(12)11-7-4-3-5-8-11;7-6-4-2-1-3-5-6/h3-10H,1-2H3;6H,1-5,7H2. The summed E-state index contributed by atoms with van der Waals surface area (Å²) in [5, 5.41) is 0. The van der Waals surface area contributed by atoms with Crippen LogP contribution >= 0.6 is 9.24 Å². The van der Waals surface area contributed by atoms with Crippen molar-refractivity contribution in [1.82, 2.24) is 0 Å². The highest BCUT2D eigenvalue weighted by Gasteiger charge is 2.11. The molecule has 3 heteroatoms. The smallest absolute Gasteiger partial charge is 0.130 e. The van der Waals surface area contributed by atoms with E-state index in [1.54, 1.807) is 14.2 Å². The molecule has 23 heavy (non-hydrogen) atoms. The van der Waals surface area contributed by atoms with E-state index in [-0.39, 0.29) is 0 Å². The molecule has 2 nitrogen and oxygen atoms in total. The Bertz CT molecular complexity index is 555. The Morgan fingerprint density at radius 1 is 0.783 bits per heavy atom. The predicted molar refractivity (Wildman–Crippen MR) is 102 cm³/mol. The monoisotopic (exact) mass is 330 g/mol. The first-order valence-corrected chi connectivity index (χ1v) is 8.95. The lowest BCUT2D eigenvalue weighted by atomic mass is 10.0. The highest BCUT2D eigenvalue weighted by atomic mass is 31.0. The van der Waals surface area contributed by atoms with Crippen molar-refractivity contribution in [1.29, 1.82) is 0 Å². The molecule has 0 aromatic heterocycles. The van der Waals surface area contributed by atoms with Gasteiger partial charge in [-0.2, -0.15) is 0 Å². The van der Waals surface area contributed by atoms with Gasteiger partial charge in [0.2, 0.25) is 0 Å². The molecule has 124 valence electrons. The zero-order valence-electron chi connectivity index (χ0n) is 14.1. The van der Waals surface area contributed by atoms with Crippen LogP contribution in [0.25, 0.3) is 11.1 Å². The molecular formula is C20H27O2P. The maximum absolute atomic E-state index is 5.36. The quantitative estimate of drug-likeness (QED) is 0.685. The molecule has 1 unspecified atom stereocenters. The predicted octanol–water partition coefficient (Wildman–Crippen LogP) is 5.57. The van der Waals surface area contributed by atoms with Crippen molar-refractivity contribution in [3.8, 4) is 22.6 Å². The Kier molecular flexibility index (Phi) is 7.42. The van der Waals surface area contributed by atoms with Gasteiger partial charge in [0.05, 0.1) is 19.8 Å². The normalized spacial score (nSPS) is 14.6. The molecule has 2 aromatic carbocycles. The zero-order valence-corrected chi connectivity index (χ0v) is 15.3. The maximum atomic E-state index is 5.36. The second-order valence-corrected chi connectivity index (χ2v) is 6.74. The molecule has 1 fully saturated rings. The van der Waals surface area contributed by atoms with Gasteiger partial charge >= 0.3 is 0 Å². The van der Waals surface area contributed by atoms with E-state index in [2.05, 4.69) is 9.24 Å². The Morgan fingerprint density at radius 3 is 1.78 bits per heavy atom. The topological polar surface area (TPSA) is 18.5 Å². The van der Waals surface area contributed by atoms with E-state index in [1.807, 2.05) is 48.5 Å². The van der Waals surface area contributed by atoms with Crippen molar-refractivity contribution in [2.24, 2.45) is 0 Å². The van der Waals surface area contributed by atoms with Crippen LogP contribution in [-0.2, 0) is 0 Å². The van der Waals surface area contributed by atoms with E-state index in [9.17, 15) is 0 Å². The second-order valence-electron chi connectivity index (χ2n) is 5.80. The van der Waals surface area contributed by atoms with Crippen LogP contribution in [0.2, 0.25) is 0 Å². The van der Waals surface area contributed by atoms with Crippen LogP contribution in [0.15, 0.2) is 48.5 Å². The van der Waals surface area contributed by atoms with Gasteiger partial charge in [0.25, 0.3) is 0 Å². The van der Waals surface area contributed by atoms with Gasteiger partial charge in [0.15, 0.2) is 0 Å². The van der Waals surface area contributed by atoms with Crippen LogP contribution in [0.4, 0.5) is 0 Å². The van der Waals surface area contributed by atoms with E-state index in [1.165, 1.54) is 32.1 Å². The summed E-state index contributed by atoms with van der Waals surface area (Å²) in [6.45, 7) is 0. The van der Waals surface area contributed by atoms with Gasteiger partial charge in [-0.3, -0.25) is 0 Å². The average molecular weight is 330 g/mol. The van der Waals surface area contributed by atoms with Crippen molar-refractivity contribution >= 4 is 9.24 Å². The summed E-state index contributed by atoms with van der Waals surface area (Å²) in [4.78, 5) is 0. The summed E-state index contributed by atoms with van der Waals surface area (Å²) < 4.78 is 10.7. The molecule has 1 atom stereocenters. The first-order chi connectivity index (χ1) is 11.3. The third kappa shape index (κ3) is 5.25. The first kappa shape index (κ1) is 17.8. The zero-order chi connectivity index (χ0) is 16.5. The second kappa shape index (κ2) is 9.57. The van der Waals surface area contributed by atoms with Crippen LogP contribution in [0, 0.1) is 0 Å². The van der Waals surface area contributed by atoms with Gasteiger partial charge in [0, 0.05) is 0 Å². The third-order valence-corrected chi connectivity index (χ3v) is 4.81. The lowest BCUT2D eigenvalue weighted by Crippen LogP contribution is -2.02. The van der Waals surface area contributed by atoms with Gasteiger partial charge in [-0.15, -0.1) is 9.24 Å². The summed E-state index contributed by atoms with van der Waals surface area (Å²) >= 11 is 0. The summed E-state index contributed by atoms with van der Waals surface area (Å²) in [5.41, 5.74) is 3.04. The highest BCUT2D eigenvalue weighted by molar-refractivity contribution is 7.17. The Balaban J connectivity index is 0.000000229. The van der Waals surface area contributed by atoms with Crippen LogP contribution in [0.3, 0.4) is 0 Å². The molecule has 0 N–H and O–H groups in total. The Morgan fingerprint density at radius 2 is 1.35 bits per heavy atom. The van der Waals surface area contributed by atoms with Gasteiger partial charge in [-0.1, -0.05) is 55.7 Å². The molecule has 0 spiro atoms. The number of hydrogen-bond acceptors (Lipinski definition) is 2. The first-order valence-electron chi connectivity index (χ1n) is 8.28. The molecule has 0 bridgehead atoms. The third-order valence-electron chi connectivity index (χ3n) is 4.14. The fourth-order valence-corrected chi connectivity index (χ4v) is 3.35. The van der Waals surface area contributed by atoms with E-state index < -0.39 is 0 Å².